The summed E-state index contributed by atoms with van der Waals surface area (Å²) in [5.74, 6) is -0.158. The van der Waals surface area contributed by atoms with Gasteiger partial charge in [-0.15, -0.1) is 0 Å². The van der Waals surface area contributed by atoms with Gasteiger partial charge in [-0.25, -0.2) is 9.78 Å². The third-order valence-corrected chi connectivity index (χ3v) is 5.05. The molecule has 0 aliphatic rings. The molecule has 0 amide bonds. The number of hydrogen-bond acceptors (Lipinski definition) is 6. The fourth-order valence-corrected chi connectivity index (χ4v) is 3.45. The van der Waals surface area contributed by atoms with Crippen molar-refractivity contribution in [1.82, 2.24) is 9.97 Å². The van der Waals surface area contributed by atoms with Crippen LogP contribution >= 0.6 is 0 Å². The Morgan fingerprint density at radius 2 is 1.52 bits per heavy atom. The number of ether oxygens (including phenoxy) is 2. The maximum Gasteiger partial charge on any atom is 0.329 e. The van der Waals surface area contributed by atoms with E-state index in [1.165, 1.54) is 0 Å². The average Bonchev–Trinajstić information content (AvgIpc) is 2.83. The van der Waals surface area contributed by atoms with Gasteiger partial charge in [0.25, 0.3) is 0 Å². The molecule has 0 saturated heterocycles. The molecule has 2 aromatic carbocycles. The number of benzene rings is 2. The molecule has 174 valence electrons. The first-order valence-electron chi connectivity index (χ1n) is 11.2. The van der Waals surface area contributed by atoms with Crippen molar-refractivity contribution in [1.29, 1.82) is 0 Å². The molecule has 33 heavy (non-hydrogen) atoms. The maximum atomic E-state index is 10.5. The largest absolute Gasteiger partial charge is 0.480 e. The lowest BCUT2D eigenvalue weighted by Crippen LogP contribution is -2.35. The van der Waals surface area contributed by atoms with E-state index in [-0.39, 0.29) is 12.6 Å². The van der Waals surface area contributed by atoms with Crippen LogP contribution in [-0.4, -0.2) is 60.1 Å². The van der Waals surface area contributed by atoms with Gasteiger partial charge >= 0.3 is 5.97 Å². The third kappa shape index (κ3) is 7.37. The number of rotatable bonds is 13. The molecule has 1 heterocycles. The molecule has 0 saturated carbocycles. The molecule has 1 N–H and O–H groups in total. The van der Waals surface area contributed by atoms with Crippen molar-refractivity contribution >= 4 is 11.8 Å². The Bertz CT molecular complexity index is 997. The number of hydrogen-bond donors (Lipinski definition) is 1. The van der Waals surface area contributed by atoms with Crippen LogP contribution in [0, 0.1) is 0 Å². The second kappa shape index (κ2) is 12.7. The Kier molecular flexibility index (Phi) is 9.35. The van der Waals surface area contributed by atoms with Crippen LogP contribution in [0.2, 0.25) is 0 Å². The third-order valence-electron chi connectivity index (χ3n) is 5.05. The SMILES string of the molecule is CC(C)N(CCOCCCOCC(=O)O)c1cnc(-c2ccccc2)c(-c2ccccc2)n1. The van der Waals surface area contributed by atoms with Crippen LogP contribution in [0.5, 0.6) is 0 Å². The van der Waals surface area contributed by atoms with Crippen LogP contribution in [0.25, 0.3) is 22.5 Å². The van der Waals surface area contributed by atoms with Crippen LogP contribution in [-0.2, 0) is 14.3 Å². The van der Waals surface area contributed by atoms with Gasteiger partial charge in [0.15, 0.2) is 0 Å². The summed E-state index contributed by atoms with van der Waals surface area (Å²) in [6, 6.07) is 20.4. The van der Waals surface area contributed by atoms with Gasteiger partial charge in [0.2, 0.25) is 0 Å². The number of anilines is 1. The predicted molar refractivity (Wildman–Crippen MR) is 129 cm³/mol. The van der Waals surface area contributed by atoms with Crippen LogP contribution < -0.4 is 4.90 Å². The summed E-state index contributed by atoms with van der Waals surface area (Å²) in [6.45, 7) is 6.04. The minimum atomic E-state index is -0.960. The summed E-state index contributed by atoms with van der Waals surface area (Å²) < 4.78 is 10.8. The van der Waals surface area contributed by atoms with Gasteiger partial charge in [-0.3, -0.25) is 4.98 Å². The Morgan fingerprint density at radius 3 is 2.12 bits per heavy atom. The molecule has 0 atom stereocenters. The molecule has 0 aliphatic carbocycles. The van der Waals surface area contributed by atoms with Gasteiger partial charge in [0.1, 0.15) is 12.4 Å². The number of aromatic nitrogens is 2. The molecule has 0 spiro atoms. The predicted octanol–water partition coefficient (Wildman–Crippen LogP) is 4.53. The van der Waals surface area contributed by atoms with E-state index < -0.39 is 5.97 Å². The first kappa shape index (κ1) is 24.4. The molecule has 0 bridgehead atoms. The summed E-state index contributed by atoms with van der Waals surface area (Å²) in [7, 11) is 0. The molecule has 0 fully saturated rings. The van der Waals surface area contributed by atoms with Crippen LogP contribution in [0.4, 0.5) is 5.82 Å². The number of nitrogens with zero attached hydrogens (tertiary/aromatic N) is 3. The molecular formula is C26H31N3O4. The molecule has 0 radical (unpaired) electrons. The lowest BCUT2D eigenvalue weighted by Gasteiger charge is -2.28. The second-order valence-electron chi connectivity index (χ2n) is 7.86. The summed E-state index contributed by atoms with van der Waals surface area (Å²) >= 11 is 0. The first-order valence-corrected chi connectivity index (χ1v) is 11.2. The topological polar surface area (TPSA) is 84.8 Å². The molecule has 3 rings (SSSR count). The smallest absolute Gasteiger partial charge is 0.329 e. The van der Waals surface area contributed by atoms with Gasteiger partial charge < -0.3 is 19.5 Å². The summed E-state index contributed by atoms with van der Waals surface area (Å²) in [4.78, 5) is 22.5. The number of aliphatic carboxylic acids is 1. The molecule has 7 heteroatoms. The summed E-state index contributed by atoms with van der Waals surface area (Å²) in [5.41, 5.74) is 3.75. The van der Waals surface area contributed by atoms with Crippen molar-refractivity contribution in [3.63, 3.8) is 0 Å². The van der Waals surface area contributed by atoms with Crippen LogP contribution in [0.15, 0.2) is 66.9 Å². The van der Waals surface area contributed by atoms with Crippen molar-refractivity contribution < 1.29 is 19.4 Å². The Hall–Kier alpha value is -3.29. The standard InChI is InChI=1S/C26H31N3O4/c1-20(2)29(14-17-32-15-9-16-33-19-24(30)31)23-18-27-25(21-10-5-3-6-11-21)26(28-23)22-12-7-4-8-13-22/h3-8,10-13,18,20H,9,14-17,19H2,1-2H3,(H,30,31). The van der Waals surface area contributed by atoms with E-state index in [2.05, 4.69) is 30.9 Å². The van der Waals surface area contributed by atoms with E-state index in [0.717, 1.165) is 28.3 Å². The molecule has 0 unspecified atom stereocenters. The van der Waals surface area contributed by atoms with Gasteiger partial charge in [0.05, 0.1) is 24.2 Å². The lowest BCUT2D eigenvalue weighted by atomic mass is 10.0. The van der Waals surface area contributed by atoms with E-state index in [1.54, 1.807) is 0 Å². The Morgan fingerprint density at radius 1 is 0.909 bits per heavy atom. The summed E-state index contributed by atoms with van der Waals surface area (Å²) in [6.07, 6.45) is 2.48. The van der Waals surface area contributed by atoms with Gasteiger partial charge in [-0.2, -0.15) is 0 Å². The van der Waals surface area contributed by atoms with Gasteiger partial charge in [-0.1, -0.05) is 60.7 Å². The number of carboxylic acid groups (broad SMARTS) is 1. The van der Waals surface area contributed by atoms with E-state index in [1.807, 2.05) is 54.7 Å². The average molecular weight is 450 g/mol. The van der Waals surface area contributed by atoms with Crippen molar-refractivity contribution in [3.8, 4) is 22.5 Å². The van der Waals surface area contributed by atoms with Crippen molar-refractivity contribution in [2.45, 2.75) is 26.3 Å². The summed E-state index contributed by atoms with van der Waals surface area (Å²) in [5, 5.41) is 8.58. The molecule has 0 aliphatic heterocycles. The highest BCUT2D eigenvalue weighted by atomic mass is 16.5. The highest BCUT2D eigenvalue weighted by Gasteiger charge is 2.17. The van der Waals surface area contributed by atoms with E-state index in [9.17, 15) is 4.79 Å². The Balaban J connectivity index is 1.71. The minimum absolute atomic E-state index is 0.216. The van der Waals surface area contributed by atoms with E-state index in [0.29, 0.717) is 32.8 Å². The monoisotopic (exact) mass is 449 g/mol. The highest BCUT2D eigenvalue weighted by Crippen LogP contribution is 2.30. The van der Waals surface area contributed by atoms with Crippen molar-refractivity contribution in [3.05, 3.63) is 66.9 Å². The van der Waals surface area contributed by atoms with Crippen molar-refractivity contribution in [2.75, 3.05) is 37.9 Å². The zero-order valence-corrected chi connectivity index (χ0v) is 19.2. The molecular weight excluding hydrogens is 418 g/mol. The quantitative estimate of drug-likeness (QED) is 0.384. The van der Waals surface area contributed by atoms with Gasteiger partial charge in [0, 0.05) is 36.9 Å². The van der Waals surface area contributed by atoms with Crippen LogP contribution in [0.3, 0.4) is 0 Å². The molecule has 3 aromatic rings. The fraction of sp³-hybridized carbons (Fsp3) is 0.346. The lowest BCUT2D eigenvalue weighted by molar-refractivity contribution is -0.142. The van der Waals surface area contributed by atoms with Crippen LogP contribution in [0.1, 0.15) is 20.3 Å². The zero-order chi connectivity index (χ0) is 23.5. The zero-order valence-electron chi connectivity index (χ0n) is 19.2. The fourth-order valence-electron chi connectivity index (χ4n) is 3.45. The molecule has 7 nitrogen and oxygen atoms in total. The number of carbonyl (C=O) groups is 1. The minimum Gasteiger partial charge on any atom is -0.480 e. The highest BCUT2D eigenvalue weighted by molar-refractivity contribution is 5.78. The number of carboxylic acids is 1. The normalized spacial score (nSPS) is 11.0. The first-order chi connectivity index (χ1) is 16.1. The Labute approximate surface area is 195 Å². The van der Waals surface area contributed by atoms with E-state index >= 15 is 0 Å². The molecule has 1 aromatic heterocycles. The van der Waals surface area contributed by atoms with Crippen molar-refractivity contribution in [2.24, 2.45) is 0 Å². The van der Waals surface area contributed by atoms with Gasteiger partial charge in [-0.05, 0) is 20.3 Å². The maximum absolute atomic E-state index is 10.5. The van der Waals surface area contributed by atoms with E-state index in [4.69, 9.17) is 24.5 Å². The second-order valence-corrected chi connectivity index (χ2v) is 7.86.